The number of carboxylic acid groups (broad SMARTS) is 1. The third kappa shape index (κ3) is 44.2. The number of carbonyl (C=O) groups is 1. The molecule has 0 aliphatic rings. The van der Waals surface area contributed by atoms with E-state index in [0.29, 0.717) is 0 Å². The largest absolute Gasteiger partial charge is 0.550 e. The standard InChI is InChI=1S/C5H10O2.C3H9N/c1-2-3-4-5(6)7;1-4(2)3/h2-4H2,1H3,(H,6,7);1-3H3. The molecule has 0 unspecified atom stereocenters. The normalized spacial score (nSPS) is 8.82. The Balaban J connectivity index is 0. The van der Waals surface area contributed by atoms with E-state index in [4.69, 9.17) is 0 Å². The molecule has 0 atom stereocenters. The van der Waals surface area contributed by atoms with Crippen molar-refractivity contribution in [1.29, 1.82) is 0 Å². The van der Waals surface area contributed by atoms with Crippen molar-refractivity contribution < 1.29 is 14.8 Å². The number of hydrogen-bond donors (Lipinski definition) is 1. The zero-order valence-corrected chi connectivity index (χ0v) is 7.94. The van der Waals surface area contributed by atoms with Crippen LogP contribution in [-0.2, 0) is 4.79 Å². The summed E-state index contributed by atoms with van der Waals surface area (Å²) in [6.07, 6.45) is 1.87. The maximum atomic E-state index is 9.65. The summed E-state index contributed by atoms with van der Waals surface area (Å²) in [4.78, 5) is 11.1. The fourth-order valence-electron chi connectivity index (χ4n) is 0.321. The maximum absolute atomic E-state index is 9.65. The first-order chi connectivity index (χ1) is 5.00. The van der Waals surface area contributed by atoms with Gasteiger partial charge in [0.1, 0.15) is 0 Å². The average Bonchev–Trinajstić information content (AvgIpc) is 1.82. The molecule has 0 saturated heterocycles. The number of rotatable bonds is 3. The van der Waals surface area contributed by atoms with Crippen molar-refractivity contribution in [2.45, 2.75) is 26.2 Å². The van der Waals surface area contributed by atoms with Crippen LogP contribution >= 0.6 is 0 Å². The van der Waals surface area contributed by atoms with Gasteiger partial charge < -0.3 is 14.8 Å². The number of aliphatic carboxylic acids is 1. The van der Waals surface area contributed by atoms with Gasteiger partial charge in [-0.25, -0.2) is 0 Å². The van der Waals surface area contributed by atoms with Crippen molar-refractivity contribution in [2.24, 2.45) is 0 Å². The zero-order chi connectivity index (χ0) is 9.28. The Morgan fingerprint density at radius 1 is 1.36 bits per heavy atom. The Labute approximate surface area is 69.0 Å². The molecular weight excluding hydrogens is 142 g/mol. The van der Waals surface area contributed by atoms with Crippen molar-refractivity contribution in [3.8, 4) is 0 Å². The molecule has 3 heteroatoms. The first-order valence-corrected chi connectivity index (χ1v) is 3.97. The van der Waals surface area contributed by atoms with Gasteiger partial charge in [-0.15, -0.1) is 0 Å². The van der Waals surface area contributed by atoms with Crippen LogP contribution in [0.2, 0.25) is 0 Å². The van der Waals surface area contributed by atoms with E-state index in [1.165, 1.54) is 4.90 Å². The molecule has 0 aromatic rings. The lowest BCUT2D eigenvalue weighted by atomic mass is 10.3. The molecule has 1 N–H and O–H groups in total. The van der Waals surface area contributed by atoms with Crippen LogP contribution in [0, 0.1) is 0 Å². The molecule has 0 saturated carbocycles. The van der Waals surface area contributed by atoms with Crippen molar-refractivity contribution >= 4 is 5.97 Å². The Kier molecular flexibility index (Phi) is 11.2. The molecule has 0 radical (unpaired) electrons. The molecule has 0 heterocycles. The molecule has 3 nitrogen and oxygen atoms in total. The maximum Gasteiger partial charge on any atom is 0.0661 e. The van der Waals surface area contributed by atoms with E-state index >= 15 is 0 Å². The fourth-order valence-corrected chi connectivity index (χ4v) is 0.321. The van der Waals surface area contributed by atoms with E-state index in [2.05, 4.69) is 21.1 Å². The van der Waals surface area contributed by atoms with Gasteiger partial charge in [0.2, 0.25) is 0 Å². The number of hydrogen-bond acceptors (Lipinski definition) is 2. The van der Waals surface area contributed by atoms with Crippen LogP contribution in [0.25, 0.3) is 0 Å². The number of carbonyl (C=O) groups excluding carboxylic acids is 1. The highest BCUT2D eigenvalue weighted by atomic mass is 16.4. The summed E-state index contributed by atoms with van der Waals surface area (Å²) in [6.45, 7) is 1.95. The monoisotopic (exact) mass is 161 g/mol. The summed E-state index contributed by atoms with van der Waals surface area (Å²) < 4.78 is 0. The van der Waals surface area contributed by atoms with Crippen LogP contribution in [0.3, 0.4) is 0 Å². The Morgan fingerprint density at radius 3 is 1.82 bits per heavy atom. The number of unbranched alkanes of at least 4 members (excludes halogenated alkanes) is 1. The molecule has 0 aliphatic heterocycles. The smallest absolute Gasteiger partial charge is 0.0661 e. The van der Waals surface area contributed by atoms with Gasteiger partial charge in [0.15, 0.2) is 0 Å². The van der Waals surface area contributed by atoms with Crippen molar-refractivity contribution in [3.63, 3.8) is 0 Å². The van der Waals surface area contributed by atoms with Crippen LogP contribution in [0.4, 0.5) is 0 Å². The fraction of sp³-hybridized carbons (Fsp3) is 0.875. The summed E-state index contributed by atoms with van der Waals surface area (Å²) in [5.41, 5.74) is 0. The molecule has 68 valence electrons. The quantitative estimate of drug-likeness (QED) is 0.558. The van der Waals surface area contributed by atoms with Gasteiger partial charge in [-0.05, 0) is 12.8 Å². The lowest BCUT2D eigenvalue weighted by molar-refractivity contribution is -0.836. The SMILES string of the molecule is CCCCC(=O)[O-].C[NH+](C)C. The molecule has 0 spiro atoms. The number of nitrogens with one attached hydrogen (secondary N) is 1. The van der Waals surface area contributed by atoms with Crippen LogP contribution in [-0.4, -0.2) is 27.1 Å². The average molecular weight is 161 g/mol. The van der Waals surface area contributed by atoms with Gasteiger partial charge in [0.25, 0.3) is 0 Å². The first-order valence-electron chi connectivity index (χ1n) is 3.97. The third-order valence-electron chi connectivity index (χ3n) is 0.734. The van der Waals surface area contributed by atoms with Gasteiger partial charge in [0.05, 0.1) is 21.1 Å². The highest BCUT2D eigenvalue weighted by molar-refractivity contribution is 5.63. The molecule has 0 amide bonds. The van der Waals surface area contributed by atoms with Gasteiger partial charge in [-0.3, -0.25) is 0 Å². The molecule has 0 fully saturated rings. The summed E-state index contributed by atoms with van der Waals surface area (Å²) in [5.74, 6) is -0.943. The summed E-state index contributed by atoms with van der Waals surface area (Å²) in [5, 5.41) is 9.65. The highest BCUT2D eigenvalue weighted by Crippen LogP contribution is 1.89. The summed E-state index contributed by atoms with van der Waals surface area (Å²) >= 11 is 0. The topological polar surface area (TPSA) is 44.6 Å². The van der Waals surface area contributed by atoms with E-state index in [1.54, 1.807) is 0 Å². The second-order valence-corrected chi connectivity index (χ2v) is 2.98. The minimum atomic E-state index is -0.943. The van der Waals surface area contributed by atoms with Crippen LogP contribution < -0.4 is 10.0 Å². The minimum Gasteiger partial charge on any atom is -0.550 e. The first kappa shape index (κ1) is 13.1. The van der Waals surface area contributed by atoms with E-state index in [0.717, 1.165) is 12.8 Å². The third-order valence-corrected chi connectivity index (χ3v) is 0.734. The van der Waals surface area contributed by atoms with Crippen molar-refractivity contribution in [2.75, 3.05) is 21.1 Å². The summed E-state index contributed by atoms with van der Waals surface area (Å²) in [6, 6.07) is 0. The predicted molar refractivity (Wildman–Crippen MR) is 43.3 cm³/mol. The molecule has 11 heavy (non-hydrogen) atoms. The number of carboxylic acids is 1. The Hall–Kier alpha value is -0.570. The molecule has 0 aliphatic carbocycles. The van der Waals surface area contributed by atoms with Gasteiger partial charge in [-0.1, -0.05) is 13.3 Å². The second kappa shape index (κ2) is 9.43. The molecule has 0 aromatic carbocycles. The lowest BCUT2D eigenvalue weighted by Gasteiger charge is -1.95. The van der Waals surface area contributed by atoms with Gasteiger partial charge >= 0.3 is 0 Å². The van der Waals surface area contributed by atoms with Crippen molar-refractivity contribution in [1.82, 2.24) is 0 Å². The minimum absolute atomic E-state index is 0.205. The van der Waals surface area contributed by atoms with Gasteiger partial charge in [0, 0.05) is 5.97 Å². The highest BCUT2D eigenvalue weighted by Gasteiger charge is 1.80. The molecule has 0 rings (SSSR count). The van der Waals surface area contributed by atoms with E-state index in [1.807, 2.05) is 6.92 Å². The van der Waals surface area contributed by atoms with Crippen LogP contribution in [0.5, 0.6) is 0 Å². The zero-order valence-electron chi connectivity index (χ0n) is 7.94. The van der Waals surface area contributed by atoms with E-state index < -0.39 is 5.97 Å². The Morgan fingerprint density at radius 2 is 1.73 bits per heavy atom. The number of quaternary nitrogens is 1. The van der Waals surface area contributed by atoms with Gasteiger partial charge in [-0.2, -0.15) is 0 Å². The predicted octanol–water partition coefficient (Wildman–Crippen LogP) is -1.31. The Bertz CT molecular complexity index is 89.3. The molecule has 0 bridgehead atoms. The summed E-state index contributed by atoms with van der Waals surface area (Å²) in [7, 11) is 6.25. The second-order valence-electron chi connectivity index (χ2n) is 2.98. The van der Waals surface area contributed by atoms with Crippen molar-refractivity contribution in [3.05, 3.63) is 0 Å². The van der Waals surface area contributed by atoms with E-state index in [-0.39, 0.29) is 6.42 Å². The van der Waals surface area contributed by atoms with Crippen LogP contribution in [0.1, 0.15) is 26.2 Å². The van der Waals surface area contributed by atoms with Crippen LogP contribution in [0.15, 0.2) is 0 Å². The molecule has 0 aromatic heterocycles. The molecular formula is C8H19NO2. The lowest BCUT2D eigenvalue weighted by Crippen LogP contribution is -3.02. The van der Waals surface area contributed by atoms with E-state index in [9.17, 15) is 9.90 Å².